The Morgan fingerprint density at radius 2 is 2.11 bits per heavy atom. The van der Waals surface area contributed by atoms with Gasteiger partial charge in [-0.05, 0) is 25.5 Å². The molecule has 0 aliphatic heterocycles. The maximum absolute atomic E-state index is 6.15. The fraction of sp³-hybridized carbons (Fsp3) is 0.429. The third kappa shape index (κ3) is 2.70. The van der Waals surface area contributed by atoms with Crippen LogP contribution in [0.1, 0.15) is 24.0 Å². The third-order valence-electron chi connectivity index (χ3n) is 3.17. The number of nitrogens with zero attached hydrogens (tertiary/aromatic N) is 4. The predicted molar refractivity (Wildman–Crippen MR) is 78.1 cm³/mol. The summed E-state index contributed by atoms with van der Waals surface area (Å²) in [6, 6.07) is 6.05. The van der Waals surface area contributed by atoms with Crippen molar-refractivity contribution in [2.24, 2.45) is 7.05 Å². The molecule has 0 radical (unpaired) electrons. The van der Waals surface area contributed by atoms with E-state index in [1.54, 1.807) is 0 Å². The lowest BCUT2D eigenvalue weighted by molar-refractivity contribution is 0.716. The summed E-state index contributed by atoms with van der Waals surface area (Å²) in [6.45, 7) is 4.77. The van der Waals surface area contributed by atoms with Crippen molar-refractivity contribution in [1.29, 1.82) is 0 Å². The Hall–Kier alpha value is -2.04. The van der Waals surface area contributed by atoms with Crippen LogP contribution >= 0.6 is 0 Å². The second-order valence-corrected chi connectivity index (χ2v) is 4.79. The average molecular weight is 259 g/mol. The molecule has 2 aromatic heterocycles. The first-order chi connectivity index (χ1) is 9.02. The molecule has 0 unspecified atom stereocenters. The molecule has 0 aliphatic carbocycles. The molecule has 102 valence electrons. The molecule has 0 amide bonds. The first-order valence-electron chi connectivity index (χ1n) is 6.48. The summed E-state index contributed by atoms with van der Waals surface area (Å²) in [4.78, 5) is 6.60. The lowest BCUT2D eigenvalue weighted by Crippen LogP contribution is -2.21. The number of anilines is 2. The largest absolute Gasteiger partial charge is 0.394 e. The van der Waals surface area contributed by atoms with Gasteiger partial charge >= 0.3 is 0 Å². The minimum absolute atomic E-state index is 0.717. The quantitative estimate of drug-likeness (QED) is 0.911. The zero-order valence-electron chi connectivity index (χ0n) is 12.0. The highest BCUT2D eigenvalue weighted by Gasteiger charge is 2.16. The summed E-state index contributed by atoms with van der Waals surface area (Å²) in [6.07, 6.45) is 0.843. The van der Waals surface area contributed by atoms with Gasteiger partial charge in [0.2, 0.25) is 0 Å². The van der Waals surface area contributed by atoms with Gasteiger partial charge < -0.3 is 10.6 Å². The van der Waals surface area contributed by atoms with E-state index in [4.69, 9.17) is 5.73 Å². The van der Waals surface area contributed by atoms with Gasteiger partial charge in [-0.1, -0.05) is 13.0 Å². The second kappa shape index (κ2) is 5.30. The standard InChI is InChI=1S/C14H21N5/c1-5-12-13(15)14(19(4)17-12)18(3)9-11-8-6-7-10(2)16-11/h6-8H,5,9,15H2,1-4H3. The third-order valence-corrected chi connectivity index (χ3v) is 3.17. The Morgan fingerprint density at radius 1 is 1.37 bits per heavy atom. The van der Waals surface area contributed by atoms with Gasteiger partial charge in [-0.3, -0.25) is 9.67 Å². The molecule has 0 saturated heterocycles. The van der Waals surface area contributed by atoms with Crippen LogP contribution in [0.2, 0.25) is 0 Å². The van der Waals surface area contributed by atoms with Crippen LogP contribution < -0.4 is 10.6 Å². The van der Waals surface area contributed by atoms with Crippen LogP contribution in [-0.2, 0) is 20.0 Å². The fourth-order valence-corrected chi connectivity index (χ4v) is 2.30. The Bertz CT molecular complexity index is 573. The number of nitrogen functional groups attached to an aromatic ring is 1. The van der Waals surface area contributed by atoms with Crippen molar-refractivity contribution >= 4 is 11.5 Å². The Balaban J connectivity index is 2.25. The summed E-state index contributed by atoms with van der Waals surface area (Å²) in [5.41, 5.74) is 9.92. The van der Waals surface area contributed by atoms with E-state index in [9.17, 15) is 0 Å². The van der Waals surface area contributed by atoms with E-state index in [0.29, 0.717) is 6.54 Å². The van der Waals surface area contributed by atoms with Crippen molar-refractivity contribution in [3.63, 3.8) is 0 Å². The molecular weight excluding hydrogens is 238 g/mol. The molecule has 0 aliphatic rings. The number of hydrogen-bond donors (Lipinski definition) is 1. The second-order valence-electron chi connectivity index (χ2n) is 4.79. The van der Waals surface area contributed by atoms with E-state index >= 15 is 0 Å². The molecule has 0 spiro atoms. The number of rotatable bonds is 4. The first-order valence-corrected chi connectivity index (χ1v) is 6.48. The molecule has 0 bridgehead atoms. The molecule has 2 N–H and O–H groups in total. The van der Waals surface area contributed by atoms with E-state index in [1.807, 2.05) is 43.9 Å². The number of nitrogens with two attached hydrogens (primary N) is 1. The van der Waals surface area contributed by atoms with Crippen molar-refractivity contribution in [1.82, 2.24) is 14.8 Å². The zero-order chi connectivity index (χ0) is 14.0. The topological polar surface area (TPSA) is 60.0 Å². The molecular formula is C14H21N5. The molecule has 5 nitrogen and oxygen atoms in total. The Morgan fingerprint density at radius 3 is 2.68 bits per heavy atom. The molecule has 2 aromatic rings. The van der Waals surface area contributed by atoms with Gasteiger partial charge in [0.25, 0.3) is 0 Å². The SMILES string of the molecule is CCc1nn(C)c(N(C)Cc2cccc(C)n2)c1N. The maximum Gasteiger partial charge on any atom is 0.150 e. The highest BCUT2D eigenvalue weighted by molar-refractivity contribution is 5.66. The van der Waals surface area contributed by atoms with Crippen molar-refractivity contribution in [3.8, 4) is 0 Å². The summed E-state index contributed by atoms with van der Waals surface area (Å²) in [7, 11) is 3.93. The molecule has 2 heterocycles. The van der Waals surface area contributed by atoms with E-state index in [0.717, 1.165) is 35.0 Å². The highest BCUT2D eigenvalue weighted by Crippen LogP contribution is 2.26. The molecule has 0 saturated carbocycles. The number of hydrogen-bond acceptors (Lipinski definition) is 4. The minimum Gasteiger partial charge on any atom is -0.394 e. The molecule has 5 heteroatoms. The van der Waals surface area contributed by atoms with Crippen LogP contribution in [0.15, 0.2) is 18.2 Å². The average Bonchev–Trinajstić information content (AvgIpc) is 2.64. The zero-order valence-corrected chi connectivity index (χ0v) is 12.0. The summed E-state index contributed by atoms with van der Waals surface area (Å²) in [5.74, 6) is 0.945. The van der Waals surface area contributed by atoms with Gasteiger partial charge in [-0.25, -0.2) is 0 Å². The summed E-state index contributed by atoms with van der Waals surface area (Å²) >= 11 is 0. The van der Waals surface area contributed by atoms with Gasteiger partial charge in [-0.15, -0.1) is 0 Å². The molecule has 0 atom stereocenters. The Labute approximate surface area is 114 Å². The van der Waals surface area contributed by atoms with Crippen LogP contribution in [0.25, 0.3) is 0 Å². The van der Waals surface area contributed by atoms with E-state index in [2.05, 4.69) is 21.9 Å². The van der Waals surface area contributed by atoms with Crippen molar-refractivity contribution < 1.29 is 0 Å². The maximum atomic E-state index is 6.15. The van der Waals surface area contributed by atoms with Crippen LogP contribution in [-0.4, -0.2) is 21.8 Å². The lowest BCUT2D eigenvalue weighted by Gasteiger charge is -2.19. The predicted octanol–water partition coefficient (Wildman–Crippen LogP) is 1.90. The monoisotopic (exact) mass is 259 g/mol. The summed E-state index contributed by atoms with van der Waals surface area (Å²) in [5, 5.41) is 4.44. The van der Waals surface area contributed by atoms with E-state index in [-0.39, 0.29) is 0 Å². The first kappa shape index (κ1) is 13.4. The van der Waals surface area contributed by atoms with Gasteiger partial charge in [-0.2, -0.15) is 5.10 Å². The smallest absolute Gasteiger partial charge is 0.150 e. The van der Waals surface area contributed by atoms with Gasteiger partial charge in [0.05, 0.1) is 23.6 Å². The van der Waals surface area contributed by atoms with Crippen LogP contribution in [0.5, 0.6) is 0 Å². The Kier molecular flexibility index (Phi) is 3.74. The number of pyridine rings is 1. The lowest BCUT2D eigenvalue weighted by atomic mass is 10.2. The van der Waals surface area contributed by atoms with Crippen molar-refractivity contribution in [2.75, 3.05) is 17.7 Å². The molecule has 19 heavy (non-hydrogen) atoms. The minimum atomic E-state index is 0.717. The number of aromatic nitrogens is 3. The normalized spacial score (nSPS) is 10.7. The van der Waals surface area contributed by atoms with Crippen LogP contribution in [0, 0.1) is 6.92 Å². The molecule has 0 aromatic carbocycles. The highest BCUT2D eigenvalue weighted by atomic mass is 15.4. The van der Waals surface area contributed by atoms with E-state index in [1.165, 1.54) is 0 Å². The van der Waals surface area contributed by atoms with Gasteiger partial charge in [0, 0.05) is 19.8 Å². The number of aryl methyl sites for hydroxylation is 3. The van der Waals surface area contributed by atoms with Gasteiger partial charge in [0.15, 0.2) is 5.82 Å². The van der Waals surface area contributed by atoms with Crippen LogP contribution in [0.4, 0.5) is 11.5 Å². The molecule has 0 fully saturated rings. The van der Waals surface area contributed by atoms with Crippen molar-refractivity contribution in [2.45, 2.75) is 26.8 Å². The summed E-state index contributed by atoms with van der Waals surface area (Å²) < 4.78 is 1.84. The van der Waals surface area contributed by atoms with E-state index < -0.39 is 0 Å². The van der Waals surface area contributed by atoms with Gasteiger partial charge in [0.1, 0.15) is 0 Å². The fourth-order valence-electron chi connectivity index (χ4n) is 2.30. The van der Waals surface area contributed by atoms with Crippen molar-refractivity contribution in [3.05, 3.63) is 35.3 Å². The van der Waals surface area contributed by atoms with Crippen LogP contribution in [0.3, 0.4) is 0 Å². The molecule has 2 rings (SSSR count).